The second kappa shape index (κ2) is 5.27. The van der Waals surface area contributed by atoms with Crippen LogP contribution in [0.15, 0.2) is 47.4 Å². The van der Waals surface area contributed by atoms with Gasteiger partial charge in [-0.05, 0) is 29.8 Å². The molecular formula is C13H10FNO3S. The van der Waals surface area contributed by atoms with Crippen molar-refractivity contribution in [3.63, 3.8) is 0 Å². The Labute approximate surface area is 111 Å². The standard InChI is InChI=1S/C13H10FNO3S/c1-19(18)11-5-2-9(3-6-11)12-8-10(14)4-7-13(12)15(16)17/h2-8H,1H3. The summed E-state index contributed by atoms with van der Waals surface area (Å²) in [6, 6.07) is 9.72. The van der Waals surface area contributed by atoms with E-state index < -0.39 is 21.5 Å². The van der Waals surface area contributed by atoms with Crippen LogP contribution < -0.4 is 0 Å². The largest absolute Gasteiger partial charge is 0.277 e. The molecule has 0 aromatic heterocycles. The summed E-state index contributed by atoms with van der Waals surface area (Å²) in [6.07, 6.45) is 1.54. The summed E-state index contributed by atoms with van der Waals surface area (Å²) >= 11 is 0. The van der Waals surface area contributed by atoms with Crippen molar-refractivity contribution in [1.82, 2.24) is 0 Å². The number of hydrogen-bond donors (Lipinski definition) is 0. The van der Waals surface area contributed by atoms with Gasteiger partial charge in [0.25, 0.3) is 5.69 Å². The monoisotopic (exact) mass is 279 g/mol. The average molecular weight is 279 g/mol. The van der Waals surface area contributed by atoms with E-state index in [2.05, 4.69) is 0 Å². The van der Waals surface area contributed by atoms with Crippen molar-refractivity contribution in [2.75, 3.05) is 6.26 Å². The highest BCUT2D eigenvalue weighted by atomic mass is 32.2. The third kappa shape index (κ3) is 2.85. The van der Waals surface area contributed by atoms with E-state index >= 15 is 0 Å². The zero-order valence-corrected chi connectivity index (χ0v) is 10.8. The maximum absolute atomic E-state index is 13.2. The lowest BCUT2D eigenvalue weighted by molar-refractivity contribution is -0.384. The Morgan fingerprint density at radius 1 is 1.16 bits per heavy atom. The molecule has 0 heterocycles. The van der Waals surface area contributed by atoms with Gasteiger partial charge in [0, 0.05) is 28.0 Å². The fourth-order valence-corrected chi connectivity index (χ4v) is 2.24. The highest BCUT2D eigenvalue weighted by molar-refractivity contribution is 7.84. The predicted octanol–water partition coefficient (Wildman–Crippen LogP) is 3.14. The molecule has 0 radical (unpaired) electrons. The summed E-state index contributed by atoms with van der Waals surface area (Å²) in [6.45, 7) is 0. The average Bonchev–Trinajstić information content (AvgIpc) is 2.38. The number of nitrogens with zero attached hydrogens (tertiary/aromatic N) is 1. The Morgan fingerprint density at radius 3 is 2.32 bits per heavy atom. The SMILES string of the molecule is CS(=O)c1ccc(-c2cc(F)ccc2[N+](=O)[O-])cc1. The van der Waals surface area contributed by atoms with E-state index in [1.807, 2.05) is 0 Å². The van der Waals surface area contributed by atoms with E-state index in [9.17, 15) is 18.7 Å². The van der Waals surface area contributed by atoms with E-state index in [1.54, 1.807) is 30.5 Å². The van der Waals surface area contributed by atoms with Gasteiger partial charge >= 0.3 is 0 Å². The summed E-state index contributed by atoms with van der Waals surface area (Å²) in [7, 11) is -1.12. The molecule has 0 spiro atoms. The predicted molar refractivity (Wildman–Crippen MR) is 70.8 cm³/mol. The van der Waals surface area contributed by atoms with Crippen LogP contribution in [0.25, 0.3) is 11.1 Å². The molecule has 2 aromatic rings. The molecule has 4 nitrogen and oxygen atoms in total. The van der Waals surface area contributed by atoms with Crippen LogP contribution in [0.5, 0.6) is 0 Å². The molecule has 0 bridgehead atoms. The number of nitro benzene ring substituents is 1. The molecule has 0 aliphatic rings. The van der Waals surface area contributed by atoms with Crippen molar-refractivity contribution < 1.29 is 13.5 Å². The first-order valence-corrected chi connectivity index (χ1v) is 6.92. The molecule has 2 aromatic carbocycles. The van der Waals surface area contributed by atoms with Crippen molar-refractivity contribution in [3.05, 3.63) is 58.4 Å². The van der Waals surface area contributed by atoms with E-state index in [0.717, 1.165) is 18.2 Å². The van der Waals surface area contributed by atoms with Crippen molar-refractivity contribution in [2.24, 2.45) is 0 Å². The maximum Gasteiger partial charge on any atom is 0.277 e. The first kappa shape index (κ1) is 13.4. The zero-order chi connectivity index (χ0) is 14.0. The molecule has 6 heteroatoms. The summed E-state index contributed by atoms with van der Waals surface area (Å²) in [5.41, 5.74) is 0.561. The molecule has 0 amide bonds. The summed E-state index contributed by atoms with van der Waals surface area (Å²) in [5.74, 6) is -0.538. The first-order valence-electron chi connectivity index (χ1n) is 5.37. The molecule has 0 fully saturated rings. The van der Waals surface area contributed by atoms with E-state index in [-0.39, 0.29) is 11.3 Å². The van der Waals surface area contributed by atoms with Crippen molar-refractivity contribution in [1.29, 1.82) is 0 Å². The van der Waals surface area contributed by atoms with Crippen LogP contribution in [0.1, 0.15) is 0 Å². The number of hydrogen-bond acceptors (Lipinski definition) is 3. The molecule has 0 aliphatic heterocycles. The van der Waals surface area contributed by atoms with E-state index in [0.29, 0.717) is 10.5 Å². The third-order valence-electron chi connectivity index (χ3n) is 2.65. The molecule has 19 heavy (non-hydrogen) atoms. The topological polar surface area (TPSA) is 60.2 Å². The Hall–Kier alpha value is -2.08. The number of benzene rings is 2. The van der Waals surface area contributed by atoms with E-state index in [1.165, 1.54) is 0 Å². The fraction of sp³-hybridized carbons (Fsp3) is 0.0769. The van der Waals surface area contributed by atoms with Gasteiger partial charge in [-0.25, -0.2) is 4.39 Å². The lowest BCUT2D eigenvalue weighted by atomic mass is 10.0. The molecule has 2 rings (SSSR count). The van der Waals surface area contributed by atoms with Gasteiger partial charge in [-0.1, -0.05) is 12.1 Å². The van der Waals surface area contributed by atoms with Crippen LogP contribution in [-0.2, 0) is 10.8 Å². The van der Waals surface area contributed by atoms with Crippen molar-refractivity contribution in [2.45, 2.75) is 4.90 Å². The Balaban J connectivity index is 2.54. The van der Waals surface area contributed by atoms with Crippen LogP contribution in [0, 0.1) is 15.9 Å². The molecule has 0 N–H and O–H groups in total. The molecule has 0 saturated carbocycles. The lowest BCUT2D eigenvalue weighted by Gasteiger charge is -2.04. The third-order valence-corrected chi connectivity index (χ3v) is 3.59. The Bertz CT molecular complexity index is 655. The second-order valence-electron chi connectivity index (χ2n) is 3.90. The number of halogens is 1. The quantitative estimate of drug-likeness (QED) is 0.640. The molecule has 98 valence electrons. The summed E-state index contributed by atoms with van der Waals surface area (Å²) in [5, 5.41) is 10.9. The van der Waals surface area contributed by atoms with Crippen molar-refractivity contribution in [3.8, 4) is 11.1 Å². The lowest BCUT2D eigenvalue weighted by Crippen LogP contribution is -1.93. The maximum atomic E-state index is 13.2. The molecule has 1 atom stereocenters. The van der Waals surface area contributed by atoms with Gasteiger partial charge in [0.15, 0.2) is 0 Å². The van der Waals surface area contributed by atoms with Gasteiger partial charge in [-0.15, -0.1) is 0 Å². The van der Waals surface area contributed by atoms with Gasteiger partial charge in [0.2, 0.25) is 0 Å². The molecule has 1 unspecified atom stereocenters. The Morgan fingerprint density at radius 2 is 1.79 bits per heavy atom. The Kier molecular flexibility index (Phi) is 3.71. The van der Waals surface area contributed by atoms with E-state index in [4.69, 9.17) is 0 Å². The smallest absolute Gasteiger partial charge is 0.258 e. The molecule has 0 aliphatic carbocycles. The zero-order valence-electron chi connectivity index (χ0n) is 10.00. The number of nitro groups is 1. The minimum absolute atomic E-state index is 0.160. The second-order valence-corrected chi connectivity index (χ2v) is 5.28. The minimum Gasteiger partial charge on any atom is -0.258 e. The van der Waals surface area contributed by atoms with Gasteiger partial charge < -0.3 is 0 Å². The number of rotatable bonds is 3. The van der Waals surface area contributed by atoms with Crippen LogP contribution in [-0.4, -0.2) is 15.4 Å². The van der Waals surface area contributed by atoms with Gasteiger partial charge in [-0.3, -0.25) is 14.3 Å². The van der Waals surface area contributed by atoms with Crippen LogP contribution >= 0.6 is 0 Å². The summed E-state index contributed by atoms with van der Waals surface area (Å²) in [4.78, 5) is 11.0. The summed E-state index contributed by atoms with van der Waals surface area (Å²) < 4.78 is 24.5. The first-order chi connectivity index (χ1) is 8.99. The van der Waals surface area contributed by atoms with Gasteiger partial charge in [0.05, 0.1) is 10.5 Å². The van der Waals surface area contributed by atoms with Crippen LogP contribution in [0.4, 0.5) is 10.1 Å². The molecule has 0 saturated heterocycles. The fourth-order valence-electron chi connectivity index (χ4n) is 1.72. The van der Waals surface area contributed by atoms with Gasteiger partial charge in [-0.2, -0.15) is 0 Å². The normalized spacial score (nSPS) is 12.1. The molecular weight excluding hydrogens is 269 g/mol. The minimum atomic E-state index is -1.12. The van der Waals surface area contributed by atoms with Crippen LogP contribution in [0.3, 0.4) is 0 Å². The highest BCUT2D eigenvalue weighted by Crippen LogP contribution is 2.30. The van der Waals surface area contributed by atoms with Crippen molar-refractivity contribution >= 4 is 16.5 Å². The van der Waals surface area contributed by atoms with Gasteiger partial charge in [0.1, 0.15) is 5.82 Å². The van der Waals surface area contributed by atoms with Crippen LogP contribution in [0.2, 0.25) is 0 Å². The highest BCUT2D eigenvalue weighted by Gasteiger charge is 2.16.